The van der Waals surface area contributed by atoms with Crippen LogP contribution in [-0.4, -0.2) is 16.6 Å². The summed E-state index contributed by atoms with van der Waals surface area (Å²) in [5.41, 5.74) is 5.33. The molecule has 0 amide bonds. The summed E-state index contributed by atoms with van der Waals surface area (Å²) in [4.78, 5) is 6.98. The van der Waals surface area contributed by atoms with E-state index in [-0.39, 0.29) is 0 Å². The first-order valence-electron chi connectivity index (χ1n) is 9.19. The van der Waals surface area contributed by atoms with Crippen molar-refractivity contribution < 1.29 is 0 Å². The summed E-state index contributed by atoms with van der Waals surface area (Å²) >= 11 is 4.62. The maximum Gasteiger partial charge on any atom is 0.211 e. The van der Waals surface area contributed by atoms with E-state index in [0.29, 0.717) is 5.92 Å². The van der Waals surface area contributed by atoms with Gasteiger partial charge in [0.25, 0.3) is 0 Å². The predicted octanol–water partition coefficient (Wildman–Crippen LogP) is 5.02. The number of rotatable bonds is 7. The summed E-state index contributed by atoms with van der Waals surface area (Å²) < 4.78 is 4.63. The van der Waals surface area contributed by atoms with Crippen LogP contribution in [0.1, 0.15) is 26.3 Å². The predicted molar refractivity (Wildman–Crippen MR) is 138 cm³/mol. The van der Waals surface area contributed by atoms with E-state index in [0.717, 1.165) is 35.3 Å². The molecule has 0 aliphatic rings. The molecule has 0 radical (unpaired) electrons. The van der Waals surface area contributed by atoms with Crippen molar-refractivity contribution in [1.82, 2.24) is 9.55 Å². The standard InChI is InChI=1S/C23H27I2N3/c1-7-21(14-19-9-11-20(25)12-10-19)27(6)23-26-22(13-8-17(4)24)18(5)28(23)15-16(2)3/h8-13,16H,1,5,14-15H2,2-4,6H3/b17-8+,22-13+. The van der Waals surface area contributed by atoms with E-state index >= 15 is 0 Å². The fourth-order valence-electron chi connectivity index (χ4n) is 2.85. The second kappa shape index (κ2) is 10.5. The number of hydrogen-bond acceptors (Lipinski definition) is 2. The fourth-order valence-corrected chi connectivity index (χ4v) is 3.39. The van der Waals surface area contributed by atoms with Gasteiger partial charge < -0.3 is 9.47 Å². The van der Waals surface area contributed by atoms with Crippen molar-refractivity contribution in [3.63, 3.8) is 0 Å². The third kappa shape index (κ3) is 6.09. The van der Waals surface area contributed by atoms with Crippen LogP contribution in [0.3, 0.4) is 0 Å². The lowest BCUT2D eigenvalue weighted by Crippen LogP contribution is -2.30. The van der Waals surface area contributed by atoms with E-state index in [1.54, 1.807) is 0 Å². The molecule has 0 aliphatic heterocycles. The fraction of sp³-hybridized carbons (Fsp3) is 0.304. The molecular formula is C23H27I2N3. The van der Waals surface area contributed by atoms with Gasteiger partial charge in [0.2, 0.25) is 5.95 Å². The van der Waals surface area contributed by atoms with E-state index < -0.39 is 0 Å². The molecule has 1 aromatic carbocycles. The first kappa shape index (κ1) is 23.0. The molecule has 0 atom stereocenters. The van der Waals surface area contributed by atoms with Crippen LogP contribution >= 0.6 is 45.2 Å². The summed E-state index contributed by atoms with van der Waals surface area (Å²) in [5, 5.41) is 1.83. The van der Waals surface area contributed by atoms with Gasteiger partial charge in [-0.2, -0.15) is 0 Å². The highest BCUT2D eigenvalue weighted by Gasteiger charge is 2.16. The number of anilines is 1. The van der Waals surface area contributed by atoms with Gasteiger partial charge in [-0.05, 0) is 85.4 Å². The van der Waals surface area contributed by atoms with Crippen LogP contribution in [0.25, 0.3) is 12.7 Å². The van der Waals surface area contributed by atoms with E-state index in [9.17, 15) is 0 Å². The molecule has 0 unspecified atom stereocenters. The lowest BCUT2D eigenvalue weighted by Gasteiger charge is -2.22. The zero-order valence-corrected chi connectivity index (χ0v) is 21.3. The Morgan fingerprint density at radius 2 is 1.96 bits per heavy atom. The molecule has 1 aromatic heterocycles. The number of aromatic nitrogens is 2. The molecule has 2 aromatic rings. The highest BCUT2D eigenvalue weighted by atomic mass is 127. The van der Waals surface area contributed by atoms with Gasteiger partial charge in [0.05, 0.1) is 16.4 Å². The smallest absolute Gasteiger partial charge is 0.211 e. The summed E-state index contributed by atoms with van der Waals surface area (Å²) in [5.74, 6) is 1.37. The minimum Gasteiger partial charge on any atom is -0.311 e. The van der Waals surface area contributed by atoms with Gasteiger partial charge in [0.15, 0.2) is 0 Å². The number of imidazole rings is 1. The van der Waals surface area contributed by atoms with Crippen molar-refractivity contribution in [3.8, 4) is 0 Å². The third-order valence-corrected chi connectivity index (χ3v) is 5.37. The van der Waals surface area contributed by atoms with Crippen molar-refractivity contribution >= 4 is 63.8 Å². The lowest BCUT2D eigenvalue weighted by atomic mass is 10.1. The average Bonchev–Trinajstić information content (AvgIpc) is 2.94. The Morgan fingerprint density at radius 3 is 2.50 bits per heavy atom. The van der Waals surface area contributed by atoms with Crippen molar-refractivity contribution in [3.05, 3.63) is 71.8 Å². The molecule has 0 fully saturated rings. The molecule has 0 spiro atoms. The number of allylic oxidation sites excluding steroid dienone is 3. The van der Waals surface area contributed by atoms with Crippen LogP contribution in [0.5, 0.6) is 0 Å². The molecule has 1 heterocycles. The van der Waals surface area contributed by atoms with Gasteiger partial charge in [0.1, 0.15) is 0 Å². The van der Waals surface area contributed by atoms with Crippen LogP contribution in [0.15, 0.2) is 51.9 Å². The van der Waals surface area contributed by atoms with E-state index in [4.69, 9.17) is 4.98 Å². The molecule has 0 bridgehead atoms. The molecule has 148 valence electrons. The SMILES string of the molecule is C=C=C(Cc1ccc(I)cc1)N(C)c1n/c(=C/C=C(\C)I)c(=C)n1CC(C)C. The van der Waals surface area contributed by atoms with Gasteiger partial charge >= 0.3 is 0 Å². The Kier molecular flexibility index (Phi) is 8.58. The minimum absolute atomic E-state index is 0.490. The molecule has 3 nitrogen and oxygen atoms in total. The van der Waals surface area contributed by atoms with Gasteiger partial charge in [-0.3, -0.25) is 0 Å². The summed E-state index contributed by atoms with van der Waals surface area (Å²) in [7, 11) is 2.03. The first-order valence-corrected chi connectivity index (χ1v) is 11.3. The van der Waals surface area contributed by atoms with Crippen molar-refractivity contribution in [2.45, 2.75) is 33.7 Å². The number of nitrogens with zero attached hydrogens (tertiary/aromatic N) is 3. The average molecular weight is 599 g/mol. The van der Waals surface area contributed by atoms with E-state index in [1.807, 2.05) is 13.1 Å². The van der Waals surface area contributed by atoms with Crippen molar-refractivity contribution in [2.24, 2.45) is 5.92 Å². The quantitative estimate of drug-likeness (QED) is 0.330. The second-order valence-corrected chi connectivity index (χ2v) is 10.1. The number of likely N-dealkylation sites (N-methyl/N-ethyl adjacent to an activating group) is 1. The normalized spacial score (nSPS) is 12.4. The summed E-state index contributed by atoms with van der Waals surface area (Å²) in [6.07, 6.45) is 4.86. The second-order valence-electron chi connectivity index (χ2n) is 7.15. The Bertz CT molecular complexity index is 1000. The van der Waals surface area contributed by atoms with Gasteiger partial charge in [-0.1, -0.05) is 45.2 Å². The largest absolute Gasteiger partial charge is 0.311 e. The van der Waals surface area contributed by atoms with E-state index in [2.05, 4.69) is 125 Å². The lowest BCUT2D eigenvalue weighted by molar-refractivity contribution is 0.515. The van der Waals surface area contributed by atoms with E-state index in [1.165, 1.54) is 12.7 Å². The topological polar surface area (TPSA) is 21.1 Å². The molecule has 2 rings (SSSR count). The highest BCUT2D eigenvalue weighted by Crippen LogP contribution is 2.18. The Balaban J connectivity index is 2.48. The van der Waals surface area contributed by atoms with Gasteiger partial charge in [0, 0.05) is 23.6 Å². The molecule has 0 saturated carbocycles. The van der Waals surface area contributed by atoms with Crippen LogP contribution in [0.2, 0.25) is 0 Å². The summed E-state index contributed by atoms with van der Waals surface area (Å²) in [6.45, 7) is 15.6. The highest BCUT2D eigenvalue weighted by molar-refractivity contribution is 14.1. The van der Waals surface area contributed by atoms with Crippen LogP contribution in [-0.2, 0) is 13.0 Å². The summed E-state index contributed by atoms with van der Waals surface area (Å²) in [6, 6.07) is 8.54. The molecular weight excluding hydrogens is 572 g/mol. The number of benzene rings is 1. The molecule has 5 heteroatoms. The number of halogens is 2. The third-order valence-electron chi connectivity index (χ3n) is 4.30. The van der Waals surface area contributed by atoms with Crippen molar-refractivity contribution in [2.75, 3.05) is 11.9 Å². The Hall–Kier alpha value is -1.31. The Labute approximate surface area is 195 Å². The monoisotopic (exact) mass is 599 g/mol. The zero-order valence-electron chi connectivity index (χ0n) is 17.0. The van der Waals surface area contributed by atoms with Crippen LogP contribution in [0.4, 0.5) is 5.95 Å². The maximum absolute atomic E-state index is 4.89. The maximum atomic E-state index is 4.89. The molecule has 28 heavy (non-hydrogen) atoms. The van der Waals surface area contributed by atoms with Crippen molar-refractivity contribution in [1.29, 1.82) is 0 Å². The molecule has 0 aliphatic carbocycles. The van der Waals surface area contributed by atoms with Gasteiger partial charge in [-0.25, -0.2) is 4.98 Å². The zero-order chi connectivity index (χ0) is 20.8. The first-order chi connectivity index (χ1) is 13.2. The number of hydrogen-bond donors (Lipinski definition) is 0. The van der Waals surface area contributed by atoms with Crippen LogP contribution < -0.4 is 15.6 Å². The Morgan fingerprint density at radius 1 is 1.32 bits per heavy atom. The molecule has 0 N–H and O–H groups in total. The van der Waals surface area contributed by atoms with Gasteiger partial charge in [-0.15, -0.1) is 5.73 Å². The minimum atomic E-state index is 0.490. The molecule has 0 saturated heterocycles. The van der Waals surface area contributed by atoms with Crippen LogP contribution in [0, 0.1) is 9.49 Å².